The van der Waals surface area contributed by atoms with Crippen LogP contribution in [0.4, 0.5) is 0 Å². The molecule has 2 rings (SSSR count). The highest BCUT2D eigenvalue weighted by Crippen LogP contribution is 2.26. The van der Waals surface area contributed by atoms with E-state index >= 15 is 0 Å². The number of H-pyrrole nitrogens is 1. The molecule has 1 saturated carbocycles. The molecule has 0 unspecified atom stereocenters. The molecule has 1 aromatic heterocycles. The predicted octanol–water partition coefficient (Wildman–Crippen LogP) is 2.03. The van der Waals surface area contributed by atoms with Gasteiger partial charge < -0.3 is 5.32 Å². The molecule has 88 valence electrons. The average Bonchev–Trinajstić information content (AvgIpc) is 2.88. The zero-order chi connectivity index (χ0) is 11.4. The van der Waals surface area contributed by atoms with Crippen molar-refractivity contribution in [3.8, 4) is 0 Å². The lowest BCUT2D eigenvalue weighted by Crippen LogP contribution is -2.25. The highest BCUT2D eigenvalue weighted by atomic mass is 16.1. The van der Waals surface area contributed by atoms with Crippen LogP contribution in [0.15, 0.2) is 6.20 Å². The van der Waals surface area contributed by atoms with Gasteiger partial charge in [0, 0.05) is 12.2 Å². The first-order valence-corrected chi connectivity index (χ1v) is 6.05. The van der Waals surface area contributed by atoms with E-state index in [9.17, 15) is 4.79 Å². The SMILES string of the molecule is Cc1[nH]ncc1C(=O)NCCC1CCCC1. The Balaban J connectivity index is 1.73. The standard InChI is InChI=1S/C12H19N3O/c1-9-11(8-14-15-9)12(16)13-7-6-10-4-2-3-5-10/h8,10H,2-7H2,1H3,(H,13,16)(H,14,15). The Morgan fingerprint density at radius 3 is 2.94 bits per heavy atom. The van der Waals surface area contributed by atoms with Crippen LogP contribution in [-0.2, 0) is 0 Å². The van der Waals surface area contributed by atoms with Crippen molar-refractivity contribution in [3.05, 3.63) is 17.5 Å². The van der Waals surface area contributed by atoms with E-state index in [0.717, 1.165) is 24.6 Å². The van der Waals surface area contributed by atoms with Crippen molar-refractivity contribution < 1.29 is 4.79 Å². The fraction of sp³-hybridized carbons (Fsp3) is 0.667. The zero-order valence-electron chi connectivity index (χ0n) is 9.75. The first-order valence-electron chi connectivity index (χ1n) is 6.05. The second-order valence-electron chi connectivity index (χ2n) is 4.60. The van der Waals surface area contributed by atoms with Crippen LogP contribution in [0, 0.1) is 12.8 Å². The predicted molar refractivity (Wildman–Crippen MR) is 62.2 cm³/mol. The molecule has 0 saturated heterocycles. The van der Waals surface area contributed by atoms with Gasteiger partial charge in [0.05, 0.1) is 11.8 Å². The third-order valence-electron chi connectivity index (χ3n) is 3.39. The van der Waals surface area contributed by atoms with E-state index in [1.54, 1.807) is 6.20 Å². The van der Waals surface area contributed by atoms with Gasteiger partial charge in [0.2, 0.25) is 0 Å². The van der Waals surface area contributed by atoms with Crippen LogP contribution in [0.2, 0.25) is 0 Å². The van der Waals surface area contributed by atoms with E-state index in [1.165, 1.54) is 25.7 Å². The van der Waals surface area contributed by atoms with Crippen LogP contribution in [0.5, 0.6) is 0 Å². The number of hydrogen-bond acceptors (Lipinski definition) is 2. The van der Waals surface area contributed by atoms with Crippen LogP contribution < -0.4 is 5.32 Å². The summed E-state index contributed by atoms with van der Waals surface area (Å²) in [6.45, 7) is 2.65. The zero-order valence-corrected chi connectivity index (χ0v) is 9.75. The Bertz CT molecular complexity index is 353. The van der Waals surface area contributed by atoms with Crippen molar-refractivity contribution in [2.24, 2.45) is 5.92 Å². The summed E-state index contributed by atoms with van der Waals surface area (Å²) in [5.74, 6) is 0.815. The van der Waals surface area contributed by atoms with Crippen molar-refractivity contribution in [1.82, 2.24) is 15.5 Å². The Hall–Kier alpha value is -1.32. The lowest BCUT2D eigenvalue weighted by molar-refractivity contribution is 0.0951. The smallest absolute Gasteiger partial charge is 0.254 e. The van der Waals surface area contributed by atoms with E-state index in [-0.39, 0.29) is 5.91 Å². The van der Waals surface area contributed by atoms with Gasteiger partial charge in [-0.15, -0.1) is 0 Å². The Morgan fingerprint density at radius 2 is 2.31 bits per heavy atom. The lowest BCUT2D eigenvalue weighted by atomic mass is 10.0. The molecule has 2 N–H and O–H groups in total. The van der Waals surface area contributed by atoms with E-state index in [4.69, 9.17) is 0 Å². The lowest BCUT2D eigenvalue weighted by Gasteiger charge is -2.09. The highest BCUT2D eigenvalue weighted by Gasteiger charge is 2.15. The molecule has 0 radical (unpaired) electrons. The molecule has 1 aromatic rings. The molecule has 0 aliphatic heterocycles. The third kappa shape index (κ3) is 2.62. The number of carbonyl (C=O) groups is 1. The van der Waals surface area contributed by atoms with Gasteiger partial charge in [0.25, 0.3) is 5.91 Å². The number of rotatable bonds is 4. The van der Waals surface area contributed by atoms with Crippen molar-refractivity contribution in [2.75, 3.05) is 6.54 Å². The molecule has 1 fully saturated rings. The van der Waals surface area contributed by atoms with E-state index in [0.29, 0.717) is 5.56 Å². The summed E-state index contributed by atoms with van der Waals surface area (Å²) in [6, 6.07) is 0. The van der Waals surface area contributed by atoms with Crippen LogP contribution >= 0.6 is 0 Å². The molecule has 0 spiro atoms. The van der Waals surface area contributed by atoms with Gasteiger partial charge in [-0.1, -0.05) is 25.7 Å². The Kier molecular flexibility index (Phi) is 3.59. The van der Waals surface area contributed by atoms with Gasteiger partial charge in [-0.05, 0) is 19.3 Å². The average molecular weight is 221 g/mol. The van der Waals surface area contributed by atoms with Crippen molar-refractivity contribution in [1.29, 1.82) is 0 Å². The molecule has 1 heterocycles. The fourth-order valence-electron chi connectivity index (χ4n) is 2.36. The minimum Gasteiger partial charge on any atom is -0.352 e. The van der Waals surface area contributed by atoms with Gasteiger partial charge in [0.15, 0.2) is 0 Å². The van der Waals surface area contributed by atoms with E-state index < -0.39 is 0 Å². The van der Waals surface area contributed by atoms with Crippen molar-refractivity contribution in [2.45, 2.75) is 39.0 Å². The number of nitrogens with zero attached hydrogens (tertiary/aromatic N) is 1. The van der Waals surface area contributed by atoms with Gasteiger partial charge in [-0.25, -0.2) is 0 Å². The van der Waals surface area contributed by atoms with Gasteiger partial charge in [0.1, 0.15) is 0 Å². The maximum Gasteiger partial charge on any atom is 0.254 e. The molecular formula is C12H19N3O. The first kappa shape index (κ1) is 11.2. The largest absolute Gasteiger partial charge is 0.352 e. The molecule has 1 aliphatic carbocycles. The minimum atomic E-state index is -0.00996. The van der Waals surface area contributed by atoms with Crippen LogP contribution in [0.3, 0.4) is 0 Å². The summed E-state index contributed by atoms with van der Waals surface area (Å²) in [7, 11) is 0. The number of nitrogens with one attached hydrogen (secondary N) is 2. The molecule has 16 heavy (non-hydrogen) atoms. The summed E-state index contributed by atoms with van der Waals surface area (Å²) in [5, 5.41) is 9.57. The monoisotopic (exact) mass is 221 g/mol. The molecule has 0 bridgehead atoms. The third-order valence-corrected chi connectivity index (χ3v) is 3.39. The summed E-state index contributed by atoms with van der Waals surface area (Å²) in [6.07, 6.45) is 8.09. The molecule has 4 heteroatoms. The van der Waals surface area contributed by atoms with Crippen molar-refractivity contribution in [3.63, 3.8) is 0 Å². The minimum absolute atomic E-state index is 0.00996. The fourth-order valence-corrected chi connectivity index (χ4v) is 2.36. The second kappa shape index (κ2) is 5.14. The Labute approximate surface area is 95.8 Å². The number of aromatic nitrogens is 2. The Morgan fingerprint density at radius 1 is 1.56 bits per heavy atom. The van der Waals surface area contributed by atoms with Gasteiger partial charge >= 0.3 is 0 Å². The van der Waals surface area contributed by atoms with Gasteiger partial charge in [-0.3, -0.25) is 9.89 Å². The number of hydrogen-bond donors (Lipinski definition) is 2. The maximum atomic E-state index is 11.7. The topological polar surface area (TPSA) is 57.8 Å². The maximum absolute atomic E-state index is 11.7. The first-order chi connectivity index (χ1) is 7.77. The van der Waals surface area contributed by atoms with Crippen LogP contribution in [0.25, 0.3) is 0 Å². The van der Waals surface area contributed by atoms with E-state index in [2.05, 4.69) is 15.5 Å². The normalized spacial score (nSPS) is 16.6. The molecule has 4 nitrogen and oxygen atoms in total. The second-order valence-corrected chi connectivity index (χ2v) is 4.60. The molecule has 1 aliphatic rings. The summed E-state index contributed by atoms with van der Waals surface area (Å²) in [5.41, 5.74) is 1.49. The number of carbonyl (C=O) groups excluding carboxylic acids is 1. The summed E-state index contributed by atoms with van der Waals surface area (Å²) < 4.78 is 0. The molecule has 1 amide bonds. The van der Waals surface area contributed by atoms with Crippen LogP contribution in [-0.4, -0.2) is 22.6 Å². The van der Waals surface area contributed by atoms with Crippen LogP contribution in [0.1, 0.15) is 48.2 Å². The summed E-state index contributed by atoms with van der Waals surface area (Å²) >= 11 is 0. The number of amides is 1. The molecule has 0 atom stereocenters. The highest BCUT2D eigenvalue weighted by molar-refractivity contribution is 5.94. The molecular weight excluding hydrogens is 202 g/mol. The quantitative estimate of drug-likeness (QED) is 0.817. The summed E-state index contributed by atoms with van der Waals surface area (Å²) in [4.78, 5) is 11.7. The number of aryl methyl sites for hydroxylation is 1. The van der Waals surface area contributed by atoms with E-state index in [1.807, 2.05) is 6.92 Å². The molecule has 0 aromatic carbocycles. The number of aromatic amines is 1. The van der Waals surface area contributed by atoms with Gasteiger partial charge in [-0.2, -0.15) is 5.10 Å². The van der Waals surface area contributed by atoms with Crippen molar-refractivity contribution >= 4 is 5.91 Å².